The number of benzene rings is 2. The third kappa shape index (κ3) is 7.14. The fourth-order valence-electron chi connectivity index (χ4n) is 5.65. The van der Waals surface area contributed by atoms with Gasteiger partial charge in [0.15, 0.2) is 0 Å². The zero-order valence-electron chi connectivity index (χ0n) is 20.3. The van der Waals surface area contributed by atoms with Gasteiger partial charge in [-0.2, -0.15) is 26.3 Å². The maximum absolute atomic E-state index is 13.4. The van der Waals surface area contributed by atoms with E-state index in [0.717, 1.165) is 51.2 Å². The number of nitrogens with zero attached hydrogens (tertiary/aromatic N) is 2. The first-order chi connectivity index (χ1) is 17.4. The van der Waals surface area contributed by atoms with Crippen molar-refractivity contribution in [2.45, 2.75) is 69.4 Å². The monoisotopic (exact) mass is 566 g/mol. The minimum Gasteiger partial charge on any atom is -0.300 e. The van der Waals surface area contributed by atoms with E-state index in [0.29, 0.717) is 21.7 Å². The Morgan fingerprint density at radius 2 is 1.32 bits per heavy atom. The summed E-state index contributed by atoms with van der Waals surface area (Å²) in [6.45, 7) is 3.70. The molecule has 0 N–H and O–H groups in total. The molecule has 2 aliphatic rings. The van der Waals surface area contributed by atoms with Crippen LogP contribution >= 0.6 is 23.2 Å². The van der Waals surface area contributed by atoms with E-state index in [-0.39, 0.29) is 30.5 Å². The van der Waals surface area contributed by atoms with Crippen LogP contribution in [-0.4, -0.2) is 42.0 Å². The molecule has 0 aliphatic carbocycles. The van der Waals surface area contributed by atoms with E-state index in [4.69, 9.17) is 23.2 Å². The Bertz CT molecular complexity index is 1010. The second-order valence-corrected chi connectivity index (χ2v) is 10.8. The summed E-state index contributed by atoms with van der Waals surface area (Å²) in [6, 6.07) is 7.08. The fraction of sp³-hybridized carbons (Fsp3) is 0.556. The molecule has 0 bridgehead atoms. The Morgan fingerprint density at radius 1 is 0.784 bits per heavy atom. The Balaban J connectivity index is 1.57. The van der Waals surface area contributed by atoms with Crippen LogP contribution in [0.3, 0.4) is 0 Å². The smallest absolute Gasteiger partial charge is 0.300 e. The highest BCUT2D eigenvalue weighted by molar-refractivity contribution is 6.36. The Morgan fingerprint density at radius 3 is 1.84 bits per heavy atom. The molecule has 2 heterocycles. The maximum Gasteiger partial charge on any atom is 0.416 e. The van der Waals surface area contributed by atoms with E-state index in [1.807, 2.05) is 0 Å². The standard InChI is InChI=1S/C27H30Cl2F6N2/c28-22-5-4-6-23(29)25(22)24(37-13-9-21(10-14-37)36-11-2-1-3-12-36)8-7-18-15-19(26(30,31)32)17-20(16-18)27(33,34)35/h4-6,15-17,21,24H,1-3,7-14H2. The molecule has 1 unspecified atom stereocenters. The van der Waals surface area contributed by atoms with Crippen molar-refractivity contribution in [2.75, 3.05) is 26.2 Å². The SMILES string of the molecule is FC(F)(F)c1cc(CCC(c2c(Cl)cccc2Cl)N2CCC(N3CCCCC3)CC2)cc(C(F)(F)F)c1. The van der Waals surface area contributed by atoms with Gasteiger partial charge in [0.1, 0.15) is 0 Å². The van der Waals surface area contributed by atoms with E-state index in [2.05, 4.69) is 9.80 Å². The van der Waals surface area contributed by atoms with Gasteiger partial charge in [0, 0.05) is 40.8 Å². The predicted octanol–water partition coefficient (Wildman–Crippen LogP) is 8.66. The Kier molecular flexibility index (Phi) is 9.04. The molecule has 0 spiro atoms. The minimum atomic E-state index is -4.88. The number of alkyl halides is 6. The lowest BCUT2D eigenvalue weighted by Crippen LogP contribution is -2.47. The van der Waals surface area contributed by atoms with E-state index < -0.39 is 23.5 Å². The number of rotatable bonds is 6. The van der Waals surface area contributed by atoms with Crippen LogP contribution in [0.1, 0.15) is 66.8 Å². The van der Waals surface area contributed by atoms with Crippen molar-refractivity contribution in [3.8, 4) is 0 Å². The fourth-order valence-corrected chi connectivity index (χ4v) is 6.30. The van der Waals surface area contributed by atoms with E-state index in [1.165, 1.54) is 19.3 Å². The molecule has 37 heavy (non-hydrogen) atoms. The molecular formula is C27H30Cl2F6N2. The average molecular weight is 567 g/mol. The number of hydrogen-bond acceptors (Lipinski definition) is 2. The van der Waals surface area contributed by atoms with E-state index >= 15 is 0 Å². The summed E-state index contributed by atoms with van der Waals surface area (Å²) in [6.07, 6.45) is -3.89. The summed E-state index contributed by atoms with van der Waals surface area (Å²) in [5, 5.41) is 0.881. The number of aryl methyl sites for hydroxylation is 1. The molecule has 0 amide bonds. The number of hydrogen-bond donors (Lipinski definition) is 0. The van der Waals surface area contributed by atoms with Gasteiger partial charge in [0.05, 0.1) is 11.1 Å². The minimum absolute atomic E-state index is 0.0153. The van der Waals surface area contributed by atoms with E-state index in [1.54, 1.807) is 18.2 Å². The zero-order valence-corrected chi connectivity index (χ0v) is 21.8. The quantitative estimate of drug-likeness (QED) is 0.323. The first kappa shape index (κ1) is 28.5. The first-order valence-corrected chi connectivity index (χ1v) is 13.4. The number of halogens is 8. The number of piperidine rings is 2. The van der Waals surface area contributed by atoms with Crippen LogP contribution in [-0.2, 0) is 18.8 Å². The van der Waals surface area contributed by atoms with Crippen LogP contribution < -0.4 is 0 Å². The van der Waals surface area contributed by atoms with Crippen molar-refractivity contribution >= 4 is 23.2 Å². The molecule has 2 saturated heterocycles. The van der Waals surface area contributed by atoms with Crippen molar-refractivity contribution in [3.05, 3.63) is 68.7 Å². The predicted molar refractivity (Wildman–Crippen MR) is 134 cm³/mol. The first-order valence-electron chi connectivity index (χ1n) is 12.6. The van der Waals surface area contributed by atoms with E-state index in [9.17, 15) is 26.3 Å². The van der Waals surface area contributed by atoms with Crippen LogP contribution in [0.2, 0.25) is 10.0 Å². The molecule has 10 heteroatoms. The summed E-state index contributed by atoms with van der Waals surface area (Å²) in [5.41, 5.74) is -1.94. The van der Waals surface area contributed by atoms with Crippen molar-refractivity contribution in [1.82, 2.24) is 9.80 Å². The number of likely N-dealkylation sites (tertiary alicyclic amines) is 2. The Labute approximate surface area is 223 Å². The third-order valence-electron chi connectivity index (χ3n) is 7.53. The molecule has 4 rings (SSSR count). The second-order valence-electron chi connectivity index (χ2n) is 9.97. The van der Waals surface area contributed by atoms with Crippen LogP contribution in [0.15, 0.2) is 36.4 Å². The van der Waals surface area contributed by atoms with Gasteiger partial charge in [-0.05, 0) is 87.5 Å². The van der Waals surface area contributed by atoms with Gasteiger partial charge in [0.25, 0.3) is 0 Å². The lowest BCUT2D eigenvalue weighted by Gasteiger charge is -2.43. The maximum atomic E-state index is 13.4. The van der Waals surface area contributed by atoms with Crippen LogP contribution in [0.25, 0.3) is 0 Å². The average Bonchev–Trinajstić information content (AvgIpc) is 2.85. The molecule has 0 radical (unpaired) electrons. The summed E-state index contributed by atoms with van der Waals surface area (Å²) in [5.74, 6) is 0. The highest BCUT2D eigenvalue weighted by Crippen LogP contribution is 2.40. The van der Waals surface area contributed by atoms with Crippen molar-refractivity contribution in [3.63, 3.8) is 0 Å². The third-order valence-corrected chi connectivity index (χ3v) is 8.19. The summed E-state index contributed by atoms with van der Waals surface area (Å²) >= 11 is 13.1. The van der Waals surface area contributed by atoms with Gasteiger partial charge in [-0.15, -0.1) is 0 Å². The molecule has 2 aromatic rings. The Hall–Kier alpha value is -1.48. The molecule has 2 aromatic carbocycles. The highest BCUT2D eigenvalue weighted by Gasteiger charge is 2.37. The van der Waals surface area contributed by atoms with Crippen molar-refractivity contribution < 1.29 is 26.3 Å². The van der Waals surface area contributed by atoms with Crippen molar-refractivity contribution in [1.29, 1.82) is 0 Å². The molecule has 2 fully saturated rings. The molecule has 1 atom stereocenters. The largest absolute Gasteiger partial charge is 0.416 e. The van der Waals surface area contributed by atoms with Crippen LogP contribution in [0.4, 0.5) is 26.3 Å². The second kappa shape index (κ2) is 11.7. The lowest BCUT2D eigenvalue weighted by molar-refractivity contribution is -0.143. The highest BCUT2D eigenvalue weighted by atomic mass is 35.5. The topological polar surface area (TPSA) is 6.48 Å². The van der Waals surface area contributed by atoms with Gasteiger partial charge in [-0.1, -0.05) is 35.7 Å². The molecule has 0 saturated carbocycles. The summed E-state index contributed by atoms with van der Waals surface area (Å²) in [4.78, 5) is 4.77. The lowest BCUT2D eigenvalue weighted by atomic mass is 9.92. The van der Waals surface area contributed by atoms with Gasteiger partial charge in [-0.25, -0.2) is 0 Å². The zero-order chi connectivity index (χ0) is 26.8. The summed E-state index contributed by atoms with van der Waals surface area (Å²) in [7, 11) is 0. The molecule has 204 valence electrons. The summed E-state index contributed by atoms with van der Waals surface area (Å²) < 4.78 is 80.2. The van der Waals surface area contributed by atoms with Gasteiger partial charge in [-0.3, -0.25) is 4.90 Å². The molecular weight excluding hydrogens is 537 g/mol. The normalized spacial score (nSPS) is 19.8. The van der Waals surface area contributed by atoms with Crippen LogP contribution in [0.5, 0.6) is 0 Å². The molecule has 2 aliphatic heterocycles. The van der Waals surface area contributed by atoms with Gasteiger partial charge < -0.3 is 4.90 Å². The van der Waals surface area contributed by atoms with Gasteiger partial charge in [0.2, 0.25) is 0 Å². The molecule has 0 aromatic heterocycles. The molecule has 2 nitrogen and oxygen atoms in total. The van der Waals surface area contributed by atoms with Gasteiger partial charge >= 0.3 is 12.4 Å². The van der Waals surface area contributed by atoms with Crippen molar-refractivity contribution in [2.24, 2.45) is 0 Å². The van der Waals surface area contributed by atoms with Crippen LogP contribution in [0, 0.1) is 0 Å².